The fraction of sp³-hybridized carbons (Fsp3) is 0.902. The Morgan fingerprint density at radius 3 is 1.37 bits per heavy atom. The molecule has 0 radical (unpaired) electrons. The van der Waals surface area contributed by atoms with Gasteiger partial charge in [-0.1, -0.05) is 212 Å². The van der Waals surface area contributed by atoms with E-state index in [0.29, 0.717) is 24.1 Å². The van der Waals surface area contributed by atoms with Gasteiger partial charge in [0.1, 0.15) is 19.3 Å². The number of esters is 1. The van der Waals surface area contributed by atoms with Crippen LogP contribution in [-0.4, -0.2) is 70.7 Å². The highest BCUT2D eigenvalue weighted by molar-refractivity contribution is 7.45. The number of allylic oxidation sites excluding steroid dienone is 4. The first-order valence-electron chi connectivity index (χ1n) is 25.6. The third-order valence-corrected chi connectivity index (χ3v) is 12.2. The summed E-state index contributed by atoms with van der Waals surface area (Å²) >= 11 is 0. The van der Waals surface area contributed by atoms with Gasteiger partial charge in [-0.2, -0.15) is 0 Å². The number of unbranched alkanes of at least 4 members (excludes halogenated alkanes) is 30. The van der Waals surface area contributed by atoms with Gasteiger partial charge in [-0.3, -0.25) is 9.36 Å². The van der Waals surface area contributed by atoms with Gasteiger partial charge in [-0.05, 0) is 44.9 Å². The minimum absolute atomic E-state index is 0.0272. The molecule has 0 aliphatic rings. The van der Waals surface area contributed by atoms with Crippen molar-refractivity contribution in [2.75, 3.05) is 54.1 Å². The second-order valence-corrected chi connectivity index (χ2v) is 19.9. The van der Waals surface area contributed by atoms with E-state index in [4.69, 9.17) is 18.5 Å². The Kier molecular flexibility index (Phi) is 43.8. The summed E-state index contributed by atoms with van der Waals surface area (Å²) in [6.45, 7) is 5.43. The lowest BCUT2D eigenvalue weighted by Gasteiger charge is -2.28. The number of ether oxygens (including phenoxy) is 2. The minimum Gasteiger partial charge on any atom is -0.756 e. The van der Waals surface area contributed by atoms with Gasteiger partial charge in [0.05, 0.1) is 34.4 Å². The molecule has 0 fully saturated rings. The molecule has 0 aromatic carbocycles. The molecule has 0 aliphatic heterocycles. The molecule has 0 aromatic rings. The molecule has 0 saturated carbocycles. The third kappa shape index (κ3) is 48.0. The first kappa shape index (κ1) is 59.0. The summed E-state index contributed by atoms with van der Waals surface area (Å²) in [7, 11) is 1.36. The zero-order valence-corrected chi connectivity index (χ0v) is 41.3. The standard InChI is InChI=1S/C51H100NO7P/c1-6-8-10-12-14-16-18-20-22-24-26-28-30-32-34-36-38-40-42-44-51(53)59-50(49-58-60(54,55)57-47-45-52(3,4)5)48-56-46-43-41-39-37-35-33-31-29-27-25-23-21-19-17-15-13-11-9-7-2/h17,19,23,25,50H,6-16,18,20-22,24,26-49H2,1-5H3/b19-17-,25-23-. The van der Waals surface area contributed by atoms with Gasteiger partial charge in [0.25, 0.3) is 7.82 Å². The molecular formula is C51H100NO7P. The van der Waals surface area contributed by atoms with E-state index in [1.165, 1.54) is 180 Å². The first-order valence-corrected chi connectivity index (χ1v) is 27.0. The number of carbonyl (C=O) groups excluding carboxylic acids is 1. The largest absolute Gasteiger partial charge is 0.756 e. The van der Waals surface area contributed by atoms with Gasteiger partial charge in [0, 0.05) is 13.0 Å². The van der Waals surface area contributed by atoms with Crippen LogP contribution in [0.25, 0.3) is 0 Å². The number of hydrogen-bond acceptors (Lipinski definition) is 7. The molecule has 0 aliphatic carbocycles. The van der Waals surface area contributed by atoms with Gasteiger partial charge in [-0.15, -0.1) is 0 Å². The highest BCUT2D eigenvalue weighted by Gasteiger charge is 2.20. The summed E-state index contributed by atoms with van der Waals surface area (Å²) in [6.07, 6.45) is 51.9. The van der Waals surface area contributed by atoms with Gasteiger partial charge >= 0.3 is 5.97 Å². The van der Waals surface area contributed by atoms with E-state index in [1.807, 2.05) is 21.1 Å². The average molecular weight is 870 g/mol. The fourth-order valence-corrected chi connectivity index (χ4v) is 8.01. The Balaban J connectivity index is 4.13. The Hall–Kier alpha value is -1.02. The normalized spacial score (nSPS) is 13.8. The molecule has 0 heterocycles. The van der Waals surface area contributed by atoms with Crippen LogP contribution in [0.15, 0.2) is 24.3 Å². The molecule has 8 nitrogen and oxygen atoms in total. The summed E-state index contributed by atoms with van der Waals surface area (Å²) < 4.78 is 34.7. The second kappa shape index (κ2) is 44.6. The Labute approximate surface area is 373 Å². The highest BCUT2D eigenvalue weighted by Crippen LogP contribution is 2.38. The molecular weight excluding hydrogens is 770 g/mol. The number of phosphoric acid groups is 1. The monoisotopic (exact) mass is 870 g/mol. The summed E-state index contributed by atoms with van der Waals surface area (Å²) in [5.74, 6) is -0.331. The molecule has 0 saturated heterocycles. The molecule has 356 valence electrons. The Bertz CT molecular complexity index is 1010. The van der Waals surface area contributed by atoms with Gasteiger partial charge in [-0.25, -0.2) is 0 Å². The second-order valence-electron chi connectivity index (χ2n) is 18.5. The predicted octanol–water partition coefficient (Wildman–Crippen LogP) is 14.9. The maximum Gasteiger partial charge on any atom is 0.306 e. The molecule has 9 heteroatoms. The number of phosphoric ester groups is 1. The average Bonchev–Trinajstić information content (AvgIpc) is 3.20. The van der Waals surface area contributed by atoms with Crippen molar-refractivity contribution in [3.05, 3.63) is 24.3 Å². The van der Waals surface area contributed by atoms with Crippen LogP contribution in [0.3, 0.4) is 0 Å². The molecule has 2 atom stereocenters. The van der Waals surface area contributed by atoms with Gasteiger partial charge in [0.15, 0.2) is 0 Å². The summed E-state index contributed by atoms with van der Waals surface area (Å²) in [4.78, 5) is 25.2. The molecule has 0 amide bonds. The highest BCUT2D eigenvalue weighted by atomic mass is 31.2. The van der Waals surface area contributed by atoms with E-state index >= 15 is 0 Å². The molecule has 0 rings (SSSR count). The van der Waals surface area contributed by atoms with Crippen LogP contribution in [0, 0.1) is 0 Å². The zero-order chi connectivity index (χ0) is 44.1. The lowest BCUT2D eigenvalue weighted by molar-refractivity contribution is -0.870. The van der Waals surface area contributed by atoms with Crippen LogP contribution >= 0.6 is 7.82 Å². The van der Waals surface area contributed by atoms with E-state index in [0.717, 1.165) is 38.5 Å². The molecule has 0 aromatic heterocycles. The number of carbonyl (C=O) groups is 1. The van der Waals surface area contributed by atoms with Crippen molar-refractivity contribution in [2.45, 2.75) is 245 Å². The summed E-state index contributed by atoms with van der Waals surface area (Å²) in [6, 6.07) is 0. The summed E-state index contributed by atoms with van der Waals surface area (Å²) in [5, 5.41) is 0. The number of quaternary nitrogens is 1. The quantitative estimate of drug-likeness (QED) is 0.0198. The number of hydrogen-bond donors (Lipinski definition) is 0. The van der Waals surface area contributed by atoms with Crippen molar-refractivity contribution in [3.8, 4) is 0 Å². The number of likely N-dealkylation sites (N-methyl/N-ethyl adjacent to an activating group) is 1. The Morgan fingerprint density at radius 2 is 0.917 bits per heavy atom. The minimum atomic E-state index is -4.53. The third-order valence-electron chi connectivity index (χ3n) is 11.3. The van der Waals surface area contributed by atoms with Crippen molar-refractivity contribution >= 4 is 13.8 Å². The van der Waals surface area contributed by atoms with E-state index in [2.05, 4.69) is 38.2 Å². The molecule has 0 N–H and O–H groups in total. The zero-order valence-electron chi connectivity index (χ0n) is 40.4. The van der Waals surface area contributed by atoms with Gasteiger partial charge < -0.3 is 27.9 Å². The van der Waals surface area contributed by atoms with Crippen LogP contribution in [0.1, 0.15) is 239 Å². The van der Waals surface area contributed by atoms with E-state index in [1.54, 1.807) is 0 Å². The van der Waals surface area contributed by atoms with Crippen LogP contribution in [0.5, 0.6) is 0 Å². The lowest BCUT2D eigenvalue weighted by Crippen LogP contribution is -2.37. The molecule has 2 unspecified atom stereocenters. The SMILES string of the molecule is CCCCCC/C=C\C/C=C\CCCCCCCCCCOCC(COP(=O)([O-])OCC[N+](C)(C)C)OC(=O)CCCCCCCCCCCCCCCCCCCCC. The van der Waals surface area contributed by atoms with Crippen LogP contribution < -0.4 is 4.89 Å². The fourth-order valence-electron chi connectivity index (χ4n) is 7.28. The van der Waals surface area contributed by atoms with Crippen LogP contribution in [0.2, 0.25) is 0 Å². The van der Waals surface area contributed by atoms with E-state index < -0.39 is 13.9 Å². The van der Waals surface area contributed by atoms with Crippen LogP contribution in [-0.2, 0) is 27.9 Å². The number of rotatable bonds is 48. The molecule has 0 spiro atoms. The van der Waals surface area contributed by atoms with E-state index in [9.17, 15) is 14.3 Å². The topological polar surface area (TPSA) is 94.1 Å². The van der Waals surface area contributed by atoms with Gasteiger partial charge in [0.2, 0.25) is 0 Å². The Morgan fingerprint density at radius 1 is 0.517 bits per heavy atom. The molecule has 0 bridgehead atoms. The van der Waals surface area contributed by atoms with Crippen molar-refractivity contribution in [1.82, 2.24) is 0 Å². The van der Waals surface area contributed by atoms with Crippen molar-refractivity contribution in [2.24, 2.45) is 0 Å². The van der Waals surface area contributed by atoms with Crippen molar-refractivity contribution in [1.29, 1.82) is 0 Å². The van der Waals surface area contributed by atoms with Crippen molar-refractivity contribution in [3.63, 3.8) is 0 Å². The van der Waals surface area contributed by atoms with Crippen molar-refractivity contribution < 1.29 is 37.3 Å². The van der Waals surface area contributed by atoms with Crippen LogP contribution in [0.4, 0.5) is 0 Å². The lowest BCUT2D eigenvalue weighted by atomic mass is 10.0. The maximum absolute atomic E-state index is 12.7. The first-order chi connectivity index (χ1) is 29.1. The smallest absolute Gasteiger partial charge is 0.306 e. The summed E-state index contributed by atoms with van der Waals surface area (Å²) in [5.41, 5.74) is 0. The predicted molar refractivity (Wildman–Crippen MR) is 254 cm³/mol. The maximum atomic E-state index is 12.7. The van der Waals surface area contributed by atoms with E-state index in [-0.39, 0.29) is 25.8 Å². The molecule has 60 heavy (non-hydrogen) atoms. The number of nitrogens with zero attached hydrogens (tertiary/aromatic N) is 1.